The minimum absolute atomic E-state index is 0.218. The first-order chi connectivity index (χ1) is 6.65. The minimum atomic E-state index is -0.312. The Bertz CT molecular complexity index is 249. The number of rotatable bonds is 5. The van der Waals surface area contributed by atoms with E-state index >= 15 is 0 Å². The van der Waals surface area contributed by atoms with E-state index in [0.717, 1.165) is 0 Å². The first-order valence-electron chi connectivity index (χ1n) is 4.75. The maximum Gasteiger partial charge on any atom is 0.0639 e. The van der Waals surface area contributed by atoms with E-state index in [9.17, 15) is 5.11 Å². The Balaban J connectivity index is 2.62. The van der Waals surface area contributed by atoms with Crippen LogP contribution in [0.2, 0.25) is 0 Å². The fraction of sp³-hybridized carbons (Fsp3) is 0.600. The molecule has 0 radical (unpaired) electrons. The number of hydrogen-bond acceptors (Lipinski definition) is 4. The van der Waals surface area contributed by atoms with Crippen molar-refractivity contribution in [2.75, 3.05) is 20.1 Å². The van der Waals surface area contributed by atoms with Gasteiger partial charge in [0.15, 0.2) is 0 Å². The van der Waals surface area contributed by atoms with Gasteiger partial charge in [0.1, 0.15) is 0 Å². The van der Waals surface area contributed by atoms with Crippen molar-refractivity contribution in [2.45, 2.75) is 19.1 Å². The van der Waals surface area contributed by atoms with Crippen molar-refractivity contribution in [3.8, 4) is 0 Å². The maximum atomic E-state index is 9.28. The summed E-state index contributed by atoms with van der Waals surface area (Å²) in [5.41, 5.74) is 6.96. The van der Waals surface area contributed by atoms with Crippen molar-refractivity contribution >= 4 is 11.3 Å². The van der Waals surface area contributed by atoms with E-state index in [4.69, 9.17) is 5.73 Å². The lowest BCUT2D eigenvalue weighted by Crippen LogP contribution is -2.35. The van der Waals surface area contributed by atoms with Gasteiger partial charge in [-0.2, -0.15) is 11.3 Å². The summed E-state index contributed by atoms with van der Waals surface area (Å²) in [5.74, 6) is 0. The summed E-state index contributed by atoms with van der Waals surface area (Å²) in [6.45, 7) is 3.02. The molecule has 0 saturated carbocycles. The lowest BCUT2D eigenvalue weighted by molar-refractivity contribution is 0.119. The van der Waals surface area contributed by atoms with Crippen molar-refractivity contribution in [2.24, 2.45) is 5.73 Å². The molecule has 3 N–H and O–H groups in total. The number of nitrogens with two attached hydrogens (primary N) is 1. The van der Waals surface area contributed by atoms with Crippen molar-refractivity contribution < 1.29 is 5.11 Å². The van der Waals surface area contributed by atoms with Crippen molar-refractivity contribution in [3.63, 3.8) is 0 Å². The molecule has 14 heavy (non-hydrogen) atoms. The van der Waals surface area contributed by atoms with Crippen LogP contribution in [0.4, 0.5) is 0 Å². The Morgan fingerprint density at radius 3 is 2.79 bits per heavy atom. The number of thiophene rings is 1. The minimum Gasteiger partial charge on any atom is -0.392 e. The van der Waals surface area contributed by atoms with Crippen molar-refractivity contribution in [3.05, 3.63) is 22.4 Å². The van der Waals surface area contributed by atoms with Crippen LogP contribution >= 0.6 is 11.3 Å². The van der Waals surface area contributed by atoms with Crippen LogP contribution in [-0.4, -0.2) is 36.2 Å². The molecule has 0 aliphatic carbocycles. The molecule has 0 amide bonds. The van der Waals surface area contributed by atoms with Gasteiger partial charge >= 0.3 is 0 Å². The Hall–Kier alpha value is -0.420. The molecule has 0 aromatic carbocycles. The molecule has 1 heterocycles. The highest BCUT2D eigenvalue weighted by atomic mass is 32.1. The largest absolute Gasteiger partial charge is 0.392 e. The molecule has 0 saturated heterocycles. The molecular weight excluding hydrogens is 196 g/mol. The van der Waals surface area contributed by atoms with Crippen molar-refractivity contribution in [1.82, 2.24) is 4.90 Å². The first-order valence-corrected chi connectivity index (χ1v) is 5.70. The molecule has 80 valence electrons. The van der Waals surface area contributed by atoms with E-state index in [2.05, 4.69) is 16.3 Å². The van der Waals surface area contributed by atoms with Gasteiger partial charge in [-0.15, -0.1) is 0 Å². The Morgan fingerprint density at radius 2 is 2.36 bits per heavy atom. The second-order valence-corrected chi connectivity index (χ2v) is 4.38. The van der Waals surface area contributed by atoms with Crippen LogP contribution in [0.3, 0.4) is 0 Å². The van der Waals surface area contributed by atoms with E-state index < -0.39 is 0 Å². The Morgan fingerprint density at radius 1 is 1.64 bits per heavy atom. The molecule has 4 heteroatoms. The van der Waals surface area contributed by atoms with Crippen molar-refractivity contribution in [1.29, 1.82) is 0 Å². The van der Waals surface area contributed by atoms with Gasteiger partial charge in [-0.1, -0.05) is 0 Å². The van der Waals surface area contributed by atoms with Crippen LogP contribution in [0.25, 0.3) is 0 Å². The number of aliphatic hydroxyl groups excluding tert-OH is 1. The molecule has 0 spiro atoms. The van der Waals surface area contributed by atoms with Gasteiger partial charge in [0.2, 0.25) is 0 Å². The smallest absolute Gasteiger partial charge is 0.0639 e. The number of likely N-dealkylation sites (N-methyl/N-ethyl adjacent to an activating group) is 1. The van der Waals surface area contributed by atoms with E-state index in [-0.39, 0.29) is 12.1 Å². The van der Waals surface area contributed by atoms with Crippen LogP contribution in [-0.2, 0) is 0 Å². The lowest BCUT2D eigenvalue weighted by atomic mass is 10.1. The summed E-state index contributed by atoms with van der Waals surface area (Å²) in [6.07, 6.45) is -0.312. The van der Waals surface area contributed by atoms with E-state index in [1.807, 2.05) is 12.4 Å². The second-order valence-electron chi connectivity index (χ2n) is 3.60. The van der Waals surface area contributed by atoms with E-state index in [0.29, 0.717) is 13.1 Å². The fourth-order valence-electron chi connectivity index (χ4n) is 1.58. The van der Waals surface area contributed by atoms with Crippen LogP contribution in [0, 0.1) is 0 Å². The lowest BCUT2D eigenvalue weighted by Gasteiger charge is -2.27. The number of aliphatic hydroxyl groups is 1. The molecule has 0 aliphatic rings. The molecule has 1 rings (SSSR count). The molecule has 3 nitrogen and oxygen atoms in total. The van der Waals surface area contributed by atoms with Crippen LogP contribution in [0.1, 0.15) is 18.5 Å². The molecule has 0 bridgehead atoms. The molecule has 0 aliphatic heterocycles. The first kappa shape index (κ1) is 11.7. The Kier molecular flexibility index (Phi) is 4.54. The van der Waals surface area contributed by atoms with Gasteiger partial charge in [0.05, 0.1) is 6.10 Å². The van der Waals surface area contributed by atoms with Gasteiger partial charge < -0.3 is 10.8 Å². The number of hydrogen-bond donors (Lipinski definition) is 2. The topological polar surface area (TPSA) is 49.5 Å². The molecule has 1 aromatic rings. The predicted molar refractivity (Wildman–Crippen MR) is 60.4 cm³/mol. The van der Waals surface area contributed by atoms with Gasteiger partial charge in [-0.3, -0.25) is 4.90 Å². The highest BCUT2D eigenvalue weighted by molar-refractivity contribution is 7.07. The molecule has 1 aromatic heterocycles. The zero-order valence-corrected chi connectivity index (χ0v) is 9.50. The third-order valence-corrected chi connectivity index (χ3v) is 2.94. The SMILES string of the molecule is CC(O)CN(C)C(CN)c1ccsc1. The highest BCUT2D eigenvalue weighted by Gasteiger charge is 2.16. The number of nitrogens with zero attached hydrogens (tertiary/aromatic N) is 1. The summed E-state index contributed by atoms with van der Waals surface area (Å²) < 4.78 is 0. The summed E-state index contributed by atoms with van der Waals surface area (Å²) in [5, 5.41) is 13.4. The third kappa shape index (κ3) is 3.06. The van der Waals surface area contributed by atoms with Gasteiger partial charge in [0, 0.05) is 19.1 Å². The highest BCUT2D eigenvalue weighted by Crippen LogP contribution is 2.20. The van der Waals surface area contributed by atoms with Crippen LogP contribution in [0.5, 0.6) is 0 Å². The van der Waals surface area contributed by atoms with Crippen LogP contribution in [0.15, 0.2) is 16.8 Å². The summed E-state index contributed by atoms with van der Waals surface area (Å²) in [7, 11) is 1.99. The predicted octanol–water partition coefficient (Wildman–Crippen LogP) is 1.06. The van der Waals surface area contributed by atoms with Crippen LogP contribution < -0.4 is 5.73 Å². The second kappa shape index (κ2) is 5.46. The Labute approximate surface area is 89.2 Å². The summed E-state index contributed by atoms with van der Waals surface area (Å²) in [4.78, 5) is 2.09. The zero-order chi connectivity index (χ0) is 10.6. The summed E-state index contributed by atoms with van der Waals surface area (Å²) >= 11 is 1.67. The average molecular weight is 214 g/mol. The van der Waals surface area contributed by atoms with E-state index in [1.54, 1.807) is 18.3 Å². The maximum absolute atomic E-state index is 9.28. The molecule has 2 atom stereocenters. The fourth-order valence-corrected chi connectivity index (χ4v) is 2.29. The monoisotopic (exact) mass is 214 g/mol. The zero-order valence-electron chi connectivity index (χ0n) is 8.68. The quantitative estimate of drug-likeness (QED) is 0.770. The molecular formula is C10H18N2OS. The summed E-state index contributed by atoms with van der Waals surface area (Å²) in [6, 6.07) is 2.30. The molecule has 2 unspecified atom stereocenters. The van der Waals surface area contributed by atoms with Gasteiger partial charge in [0.25, 0.3) is 0 Å². The third-order valence-electron chi connectivity index (χ3n) is 2.24. The average Bonchev–Trinajstić information content (AvgIpc) is 2.57. The standard InChI is InChI=1S/C10H18N2OS/c1-8(13)6-12(2)10(5-11)9-3-4-14-7-9/h3-4,7-8,10,13H,5-6,11H2,1-2H3. The molecule has 0 fully saturated rings. The van der Waals surface area contributed by atoms with E-state index in [1.165, 1.54) is 5.56 Å². The van der Waals surface area contributed by atoms with Gasteiger partial charge in [-0.25, -0.2) is 0 Å². The van der Waals surface area contributed by atoms with Gasteiger partial charge in [-0.05, 0) is 36.4 Å². The normalized spacial score (nSPS) is 15.8.